The Morgan fingerprint density at radius 2 is 1.18 bits per heavy atom. The van der Waals surface area contributed by atoms with E-state index in [-0.39, 0.29) is 0 Å². The molecule has 0 aliphatic rings. The molecule has 0 aliphatic heterocycles. The van der Waals surface area contributed by atoms with E-state index in [1.54, 1.807) is 0 Å². The highest BCUT2D eigenvalue weighted by Gasteiger charge is 2.17. The first kappa shape index (κ1) is 26.2. The topological polar surface area (TPSA) is 23.4 Å². The quantitative estimate of drug-likeness (QED) is 0.148. The van der Waals surface area contributed by atoms with E-state index in [1.807, 2.05) is 36.4 Å². The van der Waals surface area contributed by atoms with Crippen LogP contribution >= 0.6 is 22.6 Å². The second-order valence-corrected chi connectivity index (χ2v) is 11.2. The third-order valence-electron chi connectivity index (χ3n) is 7.17. The lowest BCUT2D eigenvalue weighted by Crippen LogP contribution is -2.02. The summed E-state index contributed by atoms with van der Waals surface area (Å²) in [6.07, 6.45) is 0. The molecule has 6 rings (SSSR count). The van der Waals surface area contributed by atoms with Crippen molar-refractivity contribution < 1.29 is 9.47 Å². The minimum atomic E-state index is 0.548. The summed E-state index contributed by atoms with van der Waals surface area (Å²) in [6, 6.07) is 44.2. The lowest BCUT2D eigenvalue weighted by atomic mass is 10.1. The first-order valence-corrected chi connectivity index (χ1v) is 14.5. The van der Waals surface area contributed by atoms with Crippen molar-refractivity contribution in [1.82, 2.24) is 4.57 Å². The number of ether oxygens (including phenoxy) is 2. The second kappa shape index (κ2) is 12.0. The van der Waals surface area contributed by atoms with Gasteiger partial charge in [-0.05, 0) is 112 Å². The summed E-state index contributed by atoms with van der Waals surface area (Å²) in [4.78, 5) is 0. The van der Waals surface area contributed by atoms with Gasteiger partial charge in [0.25, 0.3) is 0 Å². The normalized spacial score (nSPS) is 11.1. The summed E-state index contributed by atoms with van der Waals surface area (Å²) in [5.41, 5.74) is 8.40. The van der Waals surface area contributed by atoms with Crippen molar-refractivity contribution >= 4 is 33.5 Å². The predicted molar refractivity (Wildman–Crippen MR) is 172 cm³/mol. The van der Waals surface area contributed by atoms with Crippen LogP contribution in [0.1, 0.15) is 22.3 Å². The van der Waals surface area contributed by atoms with Gasteiger partial charge in [-0.25, -0.2) is 0 Å². The Kier molecular flexibility index (Phi) is 7.87. The SMILES string of the molecule is Cc1c(-c2ccc(OCc3ccccc3)cc2)n(Cc2ccc(I)cc2)c2ccc(OCc3ccccc3)cc12. The molecule has 0 saturated carbocycles. The van der Waals surface area contributed by atoms with Crippen molar-refractivity contribution in [3.8, 4) is 22.8 Å². The largest absolute Gasteiger partial charge is 0.489 e. The Morgan fingerprint density at radius 1 is 0.600 bits per heavy atom. The minimum absolute atomic E-state index is 0.548. The molecule has 4 heteroatoms. The zero-order valence-electron chi connectivity index (χ0n) is 22.4. The molecule has 40 heavy (non-hydrogen) atoms. The monoisotopic (exact) mass is 635 g/mol. The van der Waals surface area contributed by atoms with Crippen LogP contribution in [-0.4, -0.2) is 4.57 Å². The van der Waals surface area contributed by atoms with Crippen molar-refractivity contribution in [2.75, 3.05) is 0 Å². The fourth-order valence-electron chi connectivity index (χ4n) is 5.09. The number of hydrogen-bond acceptors (Lipinski definition) is 2. The number of benzene rings is 5. The molecule has 0 spiro atoms. The van der Waals surface area contributed by atoms with Gasteiger partial charge in [-0.2, -0.15) is 0 Å². The van der Waals surface area contributed by atoms with Crippen LogP contribution in [0.15, 0.2) is 127 Å². The van der Waals surface area contributed by atoms with Crippen molar-refractivity contribution in [3.05, 3.63) is 153 Å². The van der Waals surface area contributed by atoms with E-state index in [2.05, 4.69) is 125 Å². The van der Waals surface area contributed by atoms with E-state index in [1.165, 1.54) is 31.3 Å². The van der Waals surface area contributed by atoms with E-state index < -0.39 is 0 Å². The lowest BCUT2D eigenvalue weighted by molar-refractivity contribution is 0.306. The van der Waals surface area contributed by atoms with Crippen LogP contribution in [0.4, 0.5) is 0 Å². The molecule has 0 N–H and O–H groups in total. The number of nitrogens with zero attached hydrogens (tertiary/aromatic N) is 1. The second-order valence-electron chi connectivity index (χ2n) is 9.94. The Hall–Kier alpha value is -4.03. The molecule has 198 valence electrons. The Bertz CT molecular complexity index is 1710. The zero-order chi connectivity index (χ0) is 27.3. The molecule has 3 nitrogen and oxygen atoms in total. The molecule has 5 aromatic carbocycles. The average molecular weight is 636 g/mol. The van der Waals surface area contributed by atoms with Gasteiger partial charge in [0.15, 0.2) is 0 Å². The lowest BCUT2D eigenvalue weighted by Gasteiger charge is -2.14. The third-order valence-corrected chi connectivity index (χ3v) is 7.89. The van der Waals surface area contributed by atoms with Gasteiger partial charge in [0.05, 0.1) is 5.69 Å². The molecule has 1 aromatic heterocycles. The van der Waals surface area contributed by atoms with Crippen molar-refractivity contribution in [1.29, 1.82) is 0 Å². The number of aryl methyl sites for hydroxylation is 1. The highest BCUT2D eigenvalue weighted by molar-refractivity contribution is 14.1. The van der Waals surface area contributed by atoms with Crippen LogP contribution in [0.25, 0.3) is 22.2 Å². The van der Waals surface area contributed by atoms with Gasteiger partial charge in [-0.3, -0.25) is 0 Å². The van der Waals surface area contributed by atoms with Gasteiger partial charge in [-0.1, -0.05) is 72.8 Å². The molecule has 0 fully saturated rings. The Balaban J connectivity index is 1.33. The van der Waals surface area contributed by atoms with Gasteiger partial charge >= 0.3 is 0 Å². The summed E-state index contributed by atoms with van der Waals surface area (Å²) in [5.74, 6) is 1.74. The van der Waals surface area contributed by atoms with Gasteiger partial charge in [0.1, 0.15) is 24.7 Å². The molecule has 0 bridgehead atoms. The summed E-state index contributed by atoms with van der Waals surface area (Å²) in [7, 11) is 0. The smallest absolute Gasteiger partial charge is 0.120 e. The molecule has 1 heterocycles. The molecule has 0 unspecified atom stereocenters. The van der Waals surface area contributed by atoms with Crippen LogP contribution in [0, 0.1) is 10.5 Å². The van der Waals surface area contributed by atoms with Gasteiger partial charge in [0, 0.05) is 21.0 Å². The predicted octanol–water partition coefficient (Wildman–Crippen LogP) is 9.43. The first-order chi connectivity index (χ1) is 19.6. The summed E-state index contributed by atoms with van der Waals surface area (Å²) < 4.78 is 15.9. The molecule has 0 saturated heterocycles. The van der Waals surface area contributed by atoms with Crippen molar-refractivity contribution in [3.63, 3.8) is 0 Å². The maximum absolute atomic E-state index is 6.19. The molecule has 0 aliphatic carbocycles. The number of fused-ring (bicyclic) bond motifs is 1. The fraction of sp³-hybridized carbons (Fsp3) is 0.111. The highest BCUT2D eigenvalue weighted by Crippen LogP contribution is 2.36. The van der Waals surface area contributed by atoms with E-state index >= 15 is 0 Å². The Labute approximate surface area is 249 Å². The minimum Gasteiger partial charge on any atom is -0.489 e. The molecule has 6 aromatic rings. The van der Waals surface area contributed by atoms with Crippen molar-refractivity contribution in [2.45, 2.75) is 26.7 Å². The van der Waals surface area contributed by atoms with Crippen LogP contribution in [0.5, 0.6) is 11.5 Å². The van der Waals surface area contributed by atoms with Crippen LogP contribution in [0.2, 0.25) is 0 Å². The summed E-state index contributed by atoms with van der Waals surface area (Å²) in [5, 5.41) is 1.20. The maximum Gasteiger partial charge on any atom is 0.120 e. The molecule has 0 amide bonds. The van der Waals surface area contributed by atoms with Gasteiger partial charge < -0.3 is 14.0 Å². The van der Waals surface area contributed by atoms with E-state index in [0.717, 1.165) is 34.7 Å². The van der Waals surface area contributed by atoms with E-state index in [4.69, 9.17) is 9.47 Å². The molecule has 0 atom stereocenters. The van der Waals surface area contributed by atoms with Crippen LogP contribution < -0.4 is 9.47 Å². The standard InChI is InChI=1S/C36H30INO2/c1-26-34-22-33(40-25-29-10-6-3-7-11-29)20-21-35(34)38(23-27-12-16-31(37)17-13-27)36(26)30-14-18-32(19-15-30)39-24-28-8-4-2-5-9-28/h2-22H,23-25H2,1H3. The highest BCUT2D eigenvalue weighted by atomic mass is 127. The molecular weight excluding hydrogens is 605 g/mol. The third kappa shape index (κ3) is 5.92. The van der Waals surface area contributed by atoms with E-state index in [9.17, 15) is 0 Å². The Morgan fingerprint density at radius 3 is 1.80 bits per heavy atom. The number of hydrogen-bond donors (Lipinski definition) is 0. The number of rotatable bonds is 9. The number of aromatic nitrogens is 1. The van der Waals surface area contributed by atoms with Gasteiger partial charge in [0.2, 0.25) is 0 Å². The average Bonchev–Trinajstić information content (AvgIpc) is 3.27. The fourth-order valence-corrected chi connectivity index (χ4v) is 5.45. The molecular formula is C36H30INO2. The van der Waals surface area contributed by atoms with Crippen LogP contribution in [0.3, 0.4) is 0 Å². The van der Waals surface area contributed by atoms with Gasteiger partial charge in [-0.15, -0.1) is 0 Å². The first-order valence-electron chi connectivity index (χ1n) is 13.5. The maximum atomic E-state index is 6.19. The summed E-state index contributed by atoms with van der Waals surface area (Å²) >= 11 is 2.36. The van der Waals surface area contributed by atoms with Crippen molar-refractivity contribution in [2.24, 2.45) is 0 Å². The van der Waals surface area contributed by atoms with Crippen LogP contribution in [-0.2, 0) is 19.8 Å². The molecule has 0 radical (unpaired) electrons. The summed E-state index contributed by atoms with van der Waals surface area (Å²) in [6.45, 7) is 4.10. The number of halogens is 1. The zero-order valence-corrected chi connectivity index (χ0v) is 24.5. The van der Waals surface area contributed by atoms with E-state index in [0.29, 0.717) is 13.2 Å².